The second-order valence-electron chi connectivity index (χ2n) is 5.41. The normalized spacial score (nSPS) is 10.5. The number of amides is 1. The van der Waals surface area contributed by atoms with E-state index in [-0.39, 0.29) is 0 Å². The van der Waals surface area contributed by atoms with Crippen LogP contribution in [0.4, 0.5) is 10.6 Å². The maximum atomic E-state index is 11.7. The van der Waals surface area contributed by atoms with E-state index in [4.69, 9.17) is 4.74 Å². The molecule has 1 N–H and O–H groups in total. The Labute approximate surface area is 131 Å². The van der Waals surface area contributed by atoms with Gasteiger partial charge in [-0.3, -0.25) is 15.0 Å². The zero-order valence-electron chi connectivity index (χ0n) is 14.0. The van der Waals surface area contributed by atoms with Crippen LogP contribution in [0.3, 0.4) is 0 Å². The Bertz CT molecular complexity index is 600. The lowest BCUT2D eigenvalue weighted by atomic mass is 10.2. The quantitative estimate of drug-likeness (QED) is 0.914. The first-order valence-corrected chi connectivity index (χ1v) is 7.29. The Morgan fingerprint density at radius 2 is 2.00 bits per heavy atom. The molecular weight excluding hydrogens is 280 g/mol. The van der Waals surface area contributed by atoms with Gasteiger partial charge in [-0.15, -0.1) is 0 Å². The number of carbonyl (C=O) groups excluding carboxylic acids is 1. The SMILES string of the molecule is CC.Cn1nc(-c2cccnc2)cc1NC(=O)OC(C)(C)C. The minimum atomic E-state index is -0.533. The van der Waals surface area contributed by atoms with Crippen molar-refractivity contribution in [3.8, 4) is 11.3 Å². The number of aromatic nitrogens is 3. The number of carbonyl (C=O) groups is 1. The first kappa shape index (κ1) is 17.7. The van der Waals surface area contributed by atoms with Crippen LogP contribution < -0.4 is 5.32 Å². The minimum absolute atomic E-state index is 0.502. The number of aryl methyl sites for hydroxylation is 1. The van der Waals surface area contributed by atoms with Crippen LogP contribution in [0.1, 0.15) is 34.6 Å². The molecule has 120 valence electrons. The highest BCUT2D eigenvalue weighted by Crippen LogP contribution is 2.20. The average molecular weight is 304 g/mol. The highest BCUT2D eigenvalue weighted by Gasteiger charge is 2.17. The van der Waals surface area contributed by atoms with Gasteiger partial charge < -0.3 is 4.74 Å². The highest BCUT2D eigenvalue weighted by atomic mass is 16.6. The van der Waals surface area contributed by atoms with Gasteiger partial charge in [0.25, 0.3) is 0 Å². The summed E-state index contributed by atoms with van der Waals surface area (Å²) in [5.41, 5.74) is 1.10. The lowest BCUT2D eigenvalue weighted by molar-refractivity contribution is 0.0634. The Balaban J connectivity index is 0.00000116. The molecule has 22 heavy (non-hydrogen) atoms. The summed E-state index contributed by atoms with van der Waals surface area (Å²) in [7, 11) is 1.76. The van der Waals surface area contributed by atoms with Gasteiger partial charge >= 0.3 is 6.09 Å². The van der Waals surface area contributed by atoms with Crippen LogP contribution in [0, 0.1) is 0 Å². The largest absolute Gasteiger partial charge is 0.444 e. The van der Waals surface area contributed by atoms with E-state index < -0.39 is 11.7 Å². The smallest absolute Gasteiger partial charge is 0.413 e. The molecule has 2 aromatic rings. The summed E-state index contributed by atoms with van der Waals surface area (Å²) in [6.07, 6.45) is 2.92. The topological polar surface area (TPSA) is 69.0 Å². The maximum Gasteiger partial charge on any atom is 0.413 e. The van der Waals surface area contributed by atoms with Gasteiger partial charge in [-0.25, -0.2) is 4.79 Å². The summed E-state index contributed by atoms with van der Waals surface area (Å²) < 4.78 is 6.80. The first-order valence-electron chi connectivity index (χ1n) is 7.29. The second-order valence-corrected chi connectivity index (χ2v) is 5.41. The molecule has 0 aliphatic carbocycles. The monoisotopic (exact) mass is 304 g/mol. The first-order chi connectivity index (χ1) is 10.3. The van der Waals surface area contributed by atoms with Crippen LogP contribution in [0.5, 0.6) is 0 Å². The summed E-state index contributed by atoms with van der Waals surface area (Å²) in [6.45, 7) is 9.45. The van der Waals surface area contributed by atoms with Crippen LogP contribution in [0.2, 0.25) is 0 Å². The van der Waals surface area contributed by atoms with Crippen molar-refractivity contribution in [3.63, 3.8) is 0 Å². The van der Waals surface area contributed by atoms with Crippen molar-refractivity contribution in [3.05, 3.63) is 30.6 Å². The van der Waals surface area contributed by atoms with Crippen molar-refractivity contribution in [2.24, 2.45) is 7.05 Å². The molecule has 2 aromatic heterocycles. The molecule has 0 radical (unpaired) electrons. The molecule has 0 aliphatic rings. The van der Waals surface area contributed by atoms with E-state index in [1.807, 2.05) is 46.8 Å². The third kappa shape index (κ3) is 5.20. The Morgan fingerprint density at radius 3 is 2.55 bits per heavy atom. The zero-order valence-corrected chi connectivity index (χ0v) is 14.0. The van der Waals surface area contributed by atoms with Crippen LogP contribution in [0.25, 0.3) is 11.3 Å². The van der Waals surface area contributed by atoms with Crippen molar-refractivity contribution in [1.82, 2.24) is 14.8 Å². The van der Waals surface area contributed by atoms with E-state index in [9.17, 15) is 4.79 Å². The molecule has 0 aliphatic heterocycles. The molecule has 0 saturated carbocycles. The minimum Gasteiger partial charge on any atom is -0.444 e. The van der Waals surface area contributed by atoms with Crippen molar-refractivity contribution >= 4 is 11.9 Å². The number of nitrogens with one attached hydrogen (secondary N) is 1. The van der Waals surface area contributed by atoms with E-state index in [1.54, 1.807) is 30.2 Å². The van der Waals surface area contributed by atoms with Crippen LogP contribution in [-0.2, 0) is 11.8 Å². The van der Waals surface area contributed by atoms with Crippen LogP contribution in [-0.4, -0.2) is 26.5 Å². The van der Waals surface area contributed by atoms with Gasteiger partial charge in [0.1, 0.15) is 11.4 Å². The fourth-order valence-electron chi connectivity index (χ4n) is 1.65. The van der Waals surface area contributed by atoms with Gasteiger partial charge in [-0.1, -0.05) is 13.8 Å². The van der Waals surface area contributed by atoms with E-state index in [1.165, 1.54) is 0 Å². The molecule has 0 bridgehead atoms. The maximum absolute atomic E-state index is 11.7. The molecule has 0 saturated heterocycles. The molecule has 0 aromatic carbocycles. The molecule has 0 unspecified atom stereocenters. The number of ether oxygens (including phenoxy) is 1. The van der Waals surface area contributed by atoms with Crippen molar-refractivity contribution in [2.45, 2.75) is 40.2 Å². The molecular formula is C16H24N4O2. The fraction of sp³-hybridized carbons (Fsp3) is 0.438. The standard InChI is InChI=1S/C14H18N4O2.C2H6/c1-14(2,3)20-13(19)16-12-8-11(17-18(12)4)10-6-5-7-15-9-10;1-2/h5-9H,1-4H3,(H,16,19);1-2H3. The number of pyridine rings is 1. The molecule has 6 nitrogen and oxygen atoms in total. The third-order valence-electron chi connectivity index (χ3n) is 2.47. The third-order valence-corrected chi connectivity index (χ3v) is 2.47. The molecule has 2 heterocycles. The van der Waals surface area contributed by atoms with Gasteiger partial charge in [0.05, 0.1) is 5.69 Å². The zero-order chi connectivity index (χ0) is 16.8. The van der Waals surface area contributed by atoms with E-state index in [2.05, 4.69) is 15.4 Å². The van der Waals surface area contributed by atoms with E-state index >= 15 is 0 Å². The molecule has 6 heteroatoms. The Kier molecular flexibility index (Phi) is 6.10. The molecule has 0 atom stereocenters. The van der Waals surface area contributed by atoms with Crippen LogP contribution >= 0.6 is 0 Å². The van der Waals surface area contributed by atoms with Crippen molar-refractivity contribution in [2.75, 3.05) is 5.32 Å². The lowest BCUT2D eigenvalue weighted by Gasteiger charge is -2.19. The van der Waals surface area contributed by atoms with Gasteiger partial charge in [-0.2, -0.15) is 5.10 Å². The fourth-order valence-corrected chi connectivity index (χ4v) is 1.65. The van der Waals surface area contributed by atoms with Gasteiger partial charge in [0.2, 0.25) is 0 Å². The molecule has 0 fully saturated rings. The summed E-state index contributed by atoms with van der Waals surface area (Å²) in [5.74, 6) is 0.568. The van der Waals surface area contributed by atoms with Gasteiger partial charge in [0.15, 0.2) is 0 Å². The summed E-state index contributed by atoms with van der Waals surface area (Å²) in [6, 6.07) is 5.53. The van der Waals surface area contributed by atoms with Crippen molar-refractivity contribution < 1.29 is 9.53 Å². The Morgan fingerprint density at radius 1 is 1.32 bits per heavy atom. The number of nitrogens with zero attached hydrogens (tertiary/aromatic N) is 3. The highest BCUT2D eigenvalue weighted by molar-refractivity contribution is 5.84. The van der Waals surface area contributed by atoms with E-state index in [0.717, 1.165) is 11.3 Å². The van der Waals surface area contributed by atoms with Gasteiger partial charge in [0, 0.05) is 31.1 Å². The summed E-state index contributed by atoms with van der Waals surface area (Å²) in [5, 5.41) is 7.01. The summed E-state index contributed by atoms with van der Waals surface area (Å²) in [4.78, 5) is 15.8. The summed E-state index contributed by atoms with van der Waals surface area (Å²) >= 11 is 0. The average Bonchev–Trinajstić information content (AvgIpc) is 2.81. The van der Waals surface area contributed by atoms with Crippen molar-refractivity contribution in [1.29, 1.82) is 0 Å². The second kappa shape index (κ2) is 7.59. The van der Waals surface area contributed by atoms with Crippen LogP contribution in [0.15, 0.2) is 30.6 Å². The molecule has 2 rings (SSSR count). The number of rotatable bonds is 2. The molecule has 0 spiro atoms. The van der Waals surface area contributed by atoms with Gasteiger partial charge in [-0.05, 0) is 32.9 Å². The number of anilines is 1. The Hall–Kier alpha value is -2.37. The van der Waals surface area contributed by atoms with E-state index in [0.29, 0.717) is 5.82 Å². The molecule has 1 amide bonds. The predicted octanol–water partition coefficient (Wildman–Crippen LogP) is 3.86. The number of hydrogen-bond acceptors (Lipinski definition) is 4. The number of hydrogen-bond donors (Lipinski definition) is 1. The lowest BCUT2D eigenvalue weighted by Crippen LogP contribution is -2.27. The predicted molar refractivity (Wildman–Crippen MR) is 87.6 cm³/mol.